The van der Waals surface area contributed by atoms with E-state index in [0.29, 0.717) is 12.4 Å². The van der Waals surface area contributed by atoms with E-state index < -0.39 is 0 Å². The molecule has 0 amide bonds. The summed E-state index contributed by atoms with van der Waals surface area (Å²) in [6.45, 7) is 0.581. The quantitative estimate of drug-likeness (QED) is 0.650. The van der Waals surface area contributed by atoms with Crippen LogP contribution in [0.5, 0.6) is 0 Å². The van der Waals surface area contributed by atoms with Crippen molar-refractivity contribution in [3.8, 4) is 11.4 Å². The highest BCUT2D eigenvalue weighted by Crippen LogP contribution is 2.17. The van der Waals surface area contributed by atoms with Crippen LogP contribution < -0.4 is 0 Å². The van der Waals surface area contributed by atoms with Gasteiger partial charge in [0.2, 0.25) is 0 Å². The van der Waals surface area contributed by atoms with Gasteiger partial charge in [0.25, 0.3) is 0 Å². The number of nitrogens with zero attached hydrogens (tertiary/aromatic N) is 3. The van der Waals surface area contributed by atoms with E-state index in [-0.39, 0.29) is 5.82 Å². The topological polar surface area (TPSA) is 30.7 Å². The summed E-state index contributed by atoms with van der Waals surface area (Å²) in [4.78, 5) is 4.32. The molecule has 3 rings (SSSR count). The smallest absolute Gasteiger partial charge is 0.181 e. The summed E-state index contributed by atoms with van der Waals surface area (Å²) < 4.78 is 15.8. The van der Waals surface area contributed by atoms with Gasteiger partial charge < -0.3 is 0 Å². The number of halogens is 2. The van der Waals surface area contributed by atoms with E-state index in [1.54, 1.807) is 23.1 Å². The second kappa shape index (κ2) is 5.70. The van der Waals surface area contributed by atoms with Crippen LogP contribution in [0.4, 0.5) is 4.39 Å². The normalized spacial score (nSPS) is 10.7. The molecule has 1 aromatic heterocycles. The van der Waals surface area contributed by atoms with E-state index in [1.165, 1.54) is 12.1 Å². The lowest BCUT2D eigenvalue weighted by atomic mass is 10.2. The molecule has 5 heteroatoms. The molecule has 0 spiro atoms. The van der Waals surface area contributed by atoms with E-state index >= 15 is 0 Å². The molecule has 0 aliphatic carbocycles. The van der Waals surface area contributed by atoms with Crippen LogP contribution in [0.15, 0.2) is 54.9 Å². The Balaban J connectivity index is 1.82. The number of benzene rings is 2. The zero-order valence-electron chi connectivity index (χ0n) is 10.5. The minimum absolute atomic E-state index is 0.230. The second-order valence-electron chi connectivity index (χ2n) is 4.40. The molecule has 0 fully saturated rings. The Morgan fingerprint density at radius 1 is 1.10 bits per heavy atom. The number of hydrogen-bond acceptors (Lipinski definition) is 2. The van der Waals surface area contributed by atoms with Gasteiger partial charge in [-0.25, -0.2) is 14.1 Å². The first-order valence-corrected chi connectivity index (χ1v) is 7.18. The lowest BCUT2D eigenvalue weighted by molar-refractivity contribution is 0.624. The maximum absolute atomic E-state index is 12.9. The van der Waals surface area contributed by atoms with Gasteiger partial charge in [0.1, 0.15) is 12.1 Å². The van der Waals surface area contributed by atoms with Gasteiger partial charge in [-0.1, -0.05) is 24.3 Å². The number of rotatable bonds is 3. The minimum atomic E-state index is -0.230. The molecule has 2 aromatic carbocycles. The molecule has 0 N–H and O–H groups in total. The summed E-state index contributed by atoms with van der Waals surface area (Å²) in [5, 5.41) is 4.45. The predicted octanol–water partition coefficient (Wildman–Crippen LogP) is 3.74. The maximum atomic E-state index is 12.9. The fraction of sp³-hybridized carbons (Fsp3) is 0.0667. The molecule has 0 aliphatic heterocycles. The molecule has 3 aromatic rings. The van der Waals surface area contributed by atoms with Crippen LogP contribution in [-0.4, -0.2) is 14.8 Å². The molecular formula is C15H11FIN3. The summed E-state index contributed by atoms with van der Waals surface area (Å²) in [6.07, 6.45) is 1.69. The minimum Gasteiger partial charge on any atom is -0.248 e. The van der Waals surface area contributed by atoms with Crippen molar-refractivity contribution in [1.82, 2.24) is 14.8 Å². The molecule has 0 saturated heterocycles. The van der Waals surface area contributed by atoms with Gasteiger partial charge in [0.05, 0.1) is 6.54 Å². The third-order valence-electron chi connectivity index (χ3n) is 2.88. The van der Waals surface area contributed by atoms with Gasteiger partial charge >= 0.3 is 0 Å². The first-order chi connectivity index (χ1) is 9.70. The Hall–Kier alpha value is -1.76. The van der Waals surface area contributed by atoms with Gasteiger partial charge in [0.15, 0.2) is 5.82 Å². The molecular weight excluding hydrogens is 368 g/mol. The van der Waals surface area contributed by atoms with Crippen LogP contribution >= 0.6 is 22.6 Å². The van der Waals surface area contributed by atoms with Gasteiger partial charge in [-0.3, -0.25) is 0 Å². The Morgan fingerprint density at radius 2 is 1.90 bits per heavy atom. The van der Waals surface area contributed by atoms with Crippen molar-refractivity contribution in [2.24, 2.45) is 0 Å². The van der Waals surface area contributed by atoms with Gasteiger partial charge in [-0.15, -0.1) is 0 Å². The van der Waals surface area contributed by atoms with Crippen LogP contribution in [-0.2, 0) is 6.54 Å². The van der Waals surface area contributed by atoms with Crippen molar-refractivity contribution in [3.05, 3.63) is 69.8 Å². The van der Waals surface area contributed by atoms with Crippen molar-refractivity contribution in [3.63, 3.8) is 0 Å². The van der Waals surface area contributed by atoms with Crippen molar-refractivity contribution in [2.45, 2.75) is 6.54 Å². The van der Waals surface area contributed by atoms with E-state index in [4.69, 9.17) is 0 Å². The lowest BCUT2D eigenvalue weighted by Gasteiger charge is -2.01. The first kappa shape index (κ1) is 13.2. The average Bonchev–Trinajstić information content (AvgIpc) is 2.90. The highest BCUT2D eigenvalue weighted by Gasteiger charge is 2.05. The van der Waals surface area contributed by atoms with Crippen molar-refractivity contribution < 1.29 is 4.39 Å². The Bertz CT molecular complexity index is 722. The van der Waals surface area contributed by atoms with E-state index in [2.05, 4.69) is 32.7 Å². The third kappa shape index (κ3) is 3.04. The summed E-state index contributed by atoms with van der Waals surface area (Å²) in [5.74, 6) is 0.470. The Kier molecular flexibility index (Phi) is 3.77. The molecule has 0 radical (unpaired) electrons. The van der Waals surface area contributed by atoms with E-state index in [0.717, 1.165) is 14.7 Å². The monoisotopic (exact) mass is 379 g/mol. The largest absolute Gasteiger partial charge is 0.248 e. The Morgan fingerprint density at radius 3 is 2.65 bits per heavy atom. The molecule has 0 unspecified atom stereocenters. The van der Waals surface area contributed by atoms with E-state index in [1.807, 2.05) is 24.3 Å². The van der Waals surface area contributed by atoms with Crippen LogP contribution in [0.1, 0.15) is 5.56 Å². The molecule has 3 nitrogen and oxygen atoms in total. The third-order valence-corrected chi connectivity index (χ3v) is 3.55. The number of aromatic nitrogens is 3. The average molecular weight is 379 g/mol. The van der Waals surface area contributed by atoms with Crippen LogP contribution in [0.3, 0.4) is 0 Å². The van der Waals surface area contributed by atoms with E-state index in [9.17, 15) is 4.39 Å². The van der Waals surface area contributed by atoms with Gasteiger partial charge in [-0.2, -0.15) is 5.10 Å². The SMILES string of the molecule is Fc1ccc(Cn2cnc(-c3cccc(I)c3)n2)cc1. The van der Waals surface area contributed by atoms with Crippen molar-refractivity contribution in [1.29, 1.82) is 0 Å². The molecule has 0 aliphatic rings. The molecule has 20 heavy (non-hydrogen) atoms. The zero-order chi connectivity index (χ0) is 13.9. The summed E-state index contributed by atoms with van der Waals surface area (Å²) >= 11 is 2.26. The molecule has 0 atom stereocenters. The summed E-state index contributed by atoms with van der Waals surface area (Å²) in [5.41, 5.74) is 1.99. The standard InChI is InChI=1S/C15H11FIN3/c16-13-6-4-11(5-7-13)9-20-10-18-15(19-20)12-2-1-3-14(17)8-12/h1-8,10H,9H2. The van der Waals surface area contributed by atoms with Crippen LogP contribution in [0, 0.1) is 9.39 Å². The second-order valence-corrected chi connectivity index (χ2v) is 5.65. The molecule has 0 saturated carbocycles. The molecule has 1 heterocycles. The highest BCUT2D eigenvalue weighted by atomic mass is 127. The Labute approximate surface area is 129 Å². The van der Waals surface area contributed by atoms with Crippen LogP contribution in [0.2, 0.25) is 0 Å². The van der Waals surface area contributed by atoms with Crippen molar-refractivity contribution >= 4 is 22.6 Å². The molecule has 0 bridgehead atoms. The zero-order valence-corrected chi connectivity index (χ0v) is 12.7. The predicted molar refractivity (Wildman–Crippen MR) is 83.7 cm³/mol. The van der Waals surface area contributed by atoms with Crippen molar-refractivity contribution in [2.75, 3.05) is 0 Å². The summed E-state index contributed by atoms with van der Waals surface area (Å²) in [6, 6.07) is 14.4. The lowest BCUT2D eigenvalue weighted by Crippen LogP contribution is -2.00. The fourth-order valence-corrected chi connectivity index (χ4v) is 2.45. The number of hydrogen-bond donors (Lipinski definition) is 0. The van der Waals surface area contributed by atoms with Gasteiger partial charge in [0, 0.05) is 9.13 Å². The van der Waals surface area contributed by atoms with Crippen LogP contribution in [0.25, 0.3) is 11.4 Å². The summed E-state index contributed by atoms with van der Waals surface area (Å²) in [7, 11) is 0. The highest BCUT2D eigenvalue weighted by molar-refractivity contribution is 14.1. The maximum Gasteiger partial charge on any atom is 0.181 e. The fourth-order valence-electron chi connectivity index (χ4n) is 1.91. The van der Waals surface area contributed by atoms with Gasteiger partial charge in [-0.05, 0) is 52.4 Å². The first-order valence-electron chi connectivity index (χ1n) is 6.10. The molecule has 100 valence electrons.